The summed E-state index contributed by atoms with van der Waals surface area (Å²) in [6.45, 7) is 3.59. The summed E-state index contributed by atoms with van der Waals surface area (Å²) in [5.74, 6) is 1.95. The van der Waals surface area contributed by atoms with E-state index in [4.69, 9.17) is 4.74 Å². The van der Waals surface area contributed by atoms with Crippen molar-refractivity contribution in [1.82, 2.24) is 5.32 Å². The molecule has 2 nitrogen and oxygen atoms in total. The van der Waals surface area contributed by atoms with Crippen molar-refractivity contribution in [3.8, 4) is 0 Å². The van der Waals surface area contributed by atoms with Crippen LogP contribution in [-0.2, 0) is 4.74 Å². The summed E-state index contributed by atoms with van der Waals surface area (Å²) in [6.07, 6.45) is 6.46. The summed E-state index contributed by atoms with van der Waals surface area (Å²) in [6, 6.07) is 0.687. The largest absolute Gasteiger partial charge is 0.373 e. The molecule has 2 saturated heterocycles. The van der Waals surface area contributed by atoms with Crippen LogP contribution in [0.1, 0.15) is 32.6 Å². The van der Waals surface area contributed by atoms with Crippen LogP contribution in [0.15, 0.2) is 0 Å². The molecule has 1 aliphatic carbocycles. The first kappa shape index (κ1) is 8.25. The Balaban J connectivity index is 1.46. The van der Waals surface area contributed by atoms with Crippen molar-refractivity contribution >= 4 is 0 Å². The van der Waals surface area contributed by atoms with Crippen LogP contribution in [0.2, 0.25) is 0 Å². The van der Waals surface area contributed by atoms with E-state index in [1.54, 1.807) is 0 Å². The molecule has 0 spiro atoms. The Labute approximate surface area is 80.0 Å². The van der Waals surface area contributed by atoms with E-state index in [-0.39, 0.29) is 0 Å². The first-order chi connectivity index (χ1) is 6.33. The van der Waals surface area contributed by atoms with E-state index < -0.39 is 0 Å². The molecule has 74 valence electrons. The maximum Gasteiger partial charge on any atom is 0.0733 e. The summed E-state index contributed by atoms with van der Waals surface area (Å²) in [7, 11) is 0. The summed E-state index contributed by atoms with van der Waals surface area (Å²) >= 11 is 0. The van der Waals surface area contributed by atoms with Gasteiger partial charge in [-0.3, -0.25) is 0 Å². The second kappa shape index (κ2) is 2.96. The number of ether oxygens (including phenoxy) is 1. The Bertz CT molecular complexity index is 206. The van der Waals surface area contributed by atoms with Crippen LogP contribution in [-0.4, -0.2) is 24.8 Å². The van der Waals surface area contributed by atoms with Gasteiger partial charge in [0.1, 0.15) is 0 Å². The Morgan fingerprint density at radius 3 is 2.69 bits per heavy atom. The minimum Gasteiger partial charge on any atom is -0.373 e. The van der Waals surface area contributed by atoms with Crippen LogP contribution < -0.4 is 5.32 Å². The predicted octanol–water partition coefficient (Wildman–Crippen LogP) is 1.55. The molecule has 0 amide bonds. The molecule has 2 bridgehead atoms. The quantitative estimate of drug-likeness (QED) is 0.713. The van der Waals surface area contributed by atoms with Gasteiger partial charge in [0.05, 0.1) is 12.2 Å². The molecule has 2 aliphatic heterocycles. The highest BCUT2D eigenvalue weighted by molar-refractivity contribution is 4.95. The van der Waals surface area contributed by atoms with Crippen molar-refractivity contribution in [2.75, 3.05) is 6.54 Å². The monoisotopic (exact) mass is 181 g/mol. The van der Waals surface area contributed by atoms with E-state index in [2.05, 4.69) is 12.2 Å². The number of hydrogen-bond acceptors (Lipinski definition) is 2. The summed E-state index contributed by atoms with van der Waals surface area (Å²) in [5.41, 5.74) is 0. The van der Waals surface area contributed by atoms with Crippen LogP contribution in [0.3, 0.4) is 0 Å². The highest BCUT2D eigenvalue weighted by Crippen LogP contribution is 2.38. The minimum absolute atomic E-state index is 0.555. The molecule has 0 aromatic heterocycles. The van der Waals surface area contributed by atoms with Crippen LogP contribution >= 0.6 is 0 Å². The number of fused-ring (bicyclic) bond motifs is 2. The van der Waals surface area contributed by atoms with Gasteiger partial charge in [0.25, 0.3) is 0 Å². The van der Waals surface area contributed by atoms with E-state index in [1.165, 1.54) is 32.2 Å². The van der Waals surface area contributed by atoms with Gasteiger partial charge in [-0.1, -0.05) is 6.92 Å². The van der Waals surface area contributed by atoms with Crippen molar-refractivity contribution in [1.29, 1.82) is 0 Å². The molecule has 13 heavy (non-hydrogen) atoms. The van der Waals surface area contributed by atoms with Crippen LogP contribution in [0.25, 0.3) is 0 Å². The van der Waals surface area contributed by atoms with E-state index in [9.17, 15) is 0 Å². The fraction of sp³-hybridized carbons (Fsp3) is 1.00. The molecule has 0 radical (unpaired) electrons. The lowest BCUT2D eigenvalue weighted by Crippen LogP contribution is -2.38. The Hall–Kier alpha value is -0.0800. The smallest absolute Gasteiger partial charge is 0.0733 e. The molecule has 3 fully saturated rings. The lowest BCUT2D eigenvalue weighted by atomic mass is 9.95. The highest BCUT2D eigenvalue weighted by Gasteiger charge is 2.41. The molecular weight excluding hydrogens is 162 g/mol. The van der Waals surface area contributed by atoms with Gasteiger partial charge in [-0.2, -0.15) is 0 Å². The molecule has 0 aromatic rings. The fourth-order valence-corrected chi connectivity index (χ4v) is 2.84. The van der Waals surface area contributed by atoms with Gasteiger partial charge in [0, 0.05) is 6.04 Å². The molecular formula is C11H19NO. The van der Waals surface area contributed by atoms with E-state index in [0.29, 0.717) is 18.2 Å². The van der Waals surface area contributed by atoms with E-state index >= 15 is 0 Å². The van der Waals surface area contributed by atoms with Gasteiger partial charge in [0.2, 0.25) is 0 Å². The Kier molecular flexibility index (Phi) is 1.88. The Morgan fingerprint density at radius 2 is 2.15 bits per heavy atom. The highest BCUT2D eigenvalue weighted by atomic mass is 16.5. The zero-order chi connectivity index (χ0) is 8.84. The van der Waals surface area contributed by atoms with Crippen LogP contribution in [0.4, 0.5) is 0 Å². The first-order valence-corrected chi connectivity index (χ1v) is 5.72. The van der Waals surface area contributed by atoms with E-state index in [1.807, 2.05) is 0 Å². The van der Waals surface area contributed by atoms with Gasteiger partial charge in [-0.15, -0.1) is 0 Å². The van der Waals surface area contributed by atoms with Crippen molar-refractivity contribution in [3.63, 3.8) is 0 Å². The lowest BCUT2D eigenvalue weighted by molar-refractivity contribution is 0.0973. The zero-order valence-corrected chi connectivity index (χ0v) is 8.33. The molecule has 1 N–H and O–H groups in total. The second-order valence-corrected chi connectivity index (χ2v) is 5.10. The Morgan fingerprint density at radius 1 is 1.31 bits per heavy atom. The molecule has 1 saturated carbocycles. The summed E-state index contributed by atoms with van der Waals surface area (Å²) in [5, 5.41) is 3.68. The first-order valence-electron chi connectivity index (χ1n) is 5.72. The van der Waals surface area contributed by atoms with Crippen LogP contribution in [0.5, 0.6) is 0 Å². The SMILES string of the molecule is CC1CC1CN[C@@H]1C[C@H]2CC[C@@H]1O2. The minimum atomic E-state index is 0.555. The van der Waals surface area contributed by atoms with Gasteiger partial charge >= 0.3 is 0 Å². The topological polar surface area (TPSA) is 21.3 Å². The maximum atomic E-state index is 5.80. The van der Waals surface area contributed by atoms with Gasteiger partial charge in [-0.05, 0) is 44.1 Å². The third kappa shape index (κ3) is 1.50. The average molecular weight is 181 g/mol. The third-order valence-electron chi connectivity index (χ3n) is 4.02. The van der Waals surface area contributed by atoms with Crippen molar-refractivity contribution in [2.45, 2.75) is 50.9 Å². The van der Waals surface area contributed by atoms with Gasteiger partial charge in [-0.25, -0.2) is 0 Å². The summed E-state index contributed by atoms with van der Waals surface area (Å²) < 4.78 is 5.80. The van der Waals surface area contributed by atoms with Crippen molar-refractivity contribution < 1.29 is 4.74 Å². The molecule has 0 aromatic carbocycles. The van der Waals surface area contributed by atoms with E-state index in [0.717, 1.165) is 11.8 Å². The number of hydrogen-bond donors (Lipinski definition) is 1. The third-order valence-corrected chi connectivity index (χ3v) is 4.02. The van der Waals surface area contributed by atoms with Gasteiger partial charge in [0.15, 0.2) is 0 Å². The number of nitrogens with one attached hydrogen (secondary N) is 1. The molecule has 2 heterocycles. The molecule has 2 unspecified atom stereocenters. The normalized spacial score (nSPS) is 52.8. The standard InChI is InChI=1S/C11H19NO/c1-7-4-8(7)6-12-10-5-9-2-3-11(10)13-9/h7-12H,2-6H2,1H3/t7?,8?,9-,10-,11+/m1/s1. The van der Waals surface area contributed by atoms with Crippen molar-refractivity contribution in [3.05, 3.63) is 0 Å². The molecule has 2 heteroatoms. The molecule has 3 rings (SSSR count). The van der Waals surface area contributed by atoms with Crippen molar-refractivity contribution in [2.24, 2.45) is 11.8 Å². The lowest BCUT2D eigenvalue weighted by Gasteiger charge is -2.19. The second-order valence-electron chi connectivity index (χ2n) is 5.10. The average Bonchev–Trinajstić information content (AvgIpc) is 2.60. The van der Waals surface area contributed by atoms with Gasteiger partial charge < -0.3 is 10.1 Å². The predicted molar refractivity (Wildman–Crippen MR) is 51.6 cm³/mol. The summed E-state index contributed by atoms with van der Waals surface area (Å²) in [4.78, 5) is 0. The van der Waals surface area contributed by atoms with Crippen LogP contribution in [0, 0.1) is 11.8 Å². The zero-order valence-electron chi connectivity index (χ0n) is 8.33. The molecule has 3 aliphatic rings. The fourth-order valence-electron chi connectivity index (χ4n) is 2.84. The molecule has 5 atom stereocenters. The maximum absolute atomic E-state index is 5.80. The number of rotatable bonds is 3.